The van der Waals surface area contributed by atoms with Gasteiger partial charge >= 0.3 is 0 Å². The van der Waals surface area contributed by atoms with Gasteiger partial charge in [-0.05, 0) is 38.8 Å². The number of nitrogens with one attached hydrogen (secondary N) is 1. The Labute approximate surface area is 110 Å². The first-order chi connectivity index (χ1) is 8.69. The van der Waals surface area contributed by atoms with Crippen LogP contribution in [0.25, 0.3) is 0 Å². The molecule has 3 nitrogen and oxygen atoms in total. The highest BCUT2D eigenvalue weighted by Gasteiger charge is 2.12. The molecule has 0 amide bonds. The fourth-order valence-electron chi connectivity index (χ4n) is 1.99. The van der Waals surface area contributed by atoms with Gasteiger partial charge in [0.25, 0.3) is 0 Å². The number of hydrogen-bond donors (Lipinski definition) is 1. The van der Waals surface area contributed by atoms with E-state index in [2.05, 4.69) is 43.4 Å². The van der Waals surface area contributed by atoms with Crippen molar-refractivity contribution in [2.45, 2.75) is 40.0 Å². The molecule has 0 fully saturated rings. The zero-order valence-electron chi connectivity index (χ0n) is 11.9. The van der Waals surface area contributed by atoms with E-state index in [4.69, 9.17) is 9.47 Å². The predicted octanol–water partition coefficient (Wildman–Crippen LogP) is 3.04. The van der Waals surface area contributed by atoms with Crippen LogP contribution in [0.3, 0.4) is 0 Å². The van der Waals surface area contributed by atoms with E-state index >= 15 is 0 Å². The minimum atomic E-state index is -0.161. The van der Waals surface area contributed by atoms with E-state index in [1.807, 2.05) is 13.8 Å². The number of benzene rings is 1. The summed E-state index contributed by atoms with van der Waals surface area (Å²) in [6, 6.07) is 8.73. The molecule has 0 aliphatic carbocycles. The average Bonchev–Trinajstić information content (AvgIpc) is 2.36. The van der Waals surface area contributed by atoms with Crippen molar-refractivity contribution in [3.05, 3.63) is 35.4 Å². The Bertz CT molecular complexity index is 335. The lowest BCUT2D eigenvalue weighted by atomic mass is 10.0. The quantitative estimate of drug-likeness (QED) is 0.720. The van der Waals surface area contributed by atoms with Gasteiger partial charge < -0.3 is 14.8 Å². The topological polar surface area (TPSA) is 30.5 Å². The normalized spacial score (nSPS) is 12.9. The van der Waals surface area contributed by atoms with Crippen molar-refractivity contribution >= 4 is 0 Å². The number of aryl methyl sites for hydroxylation is 1. The lowest BCUT2D eigenvalue weighted by Crippen LogP contribution is -2.33. The lowest BCUT2D eigenvalue weighted by molar-refractivity contribution is -0.133. The molecule has 0 heterocycles. The molecule has 18 heavy (non-hydrogen) atoms. The summed E-state index contributed by atoms with van der Waals surface area (Å²) < 4.78 is 11.0. The van der Waals surface area contributed by atoms with Crippen LogP contribution in [0, 0.1) is 6.92 Å². The molecule has 0 saturated heterocycles. The number of rotatable bonds is 8. The van der Waals surface area contributed by atoms with Gasteiger partial charge in [-0.15, -0.1) is 0 Å². The van der Waals surface area contributed by atoms with Crippen molar-refractivity contribution in [1.29, 1.82) is 0 Å². The van der Waals surface area contributed by atoms with Crippen LogP contribution in [0.15, 0.2) is 24.3 Å². The maximum Gasteiger partial charge on any atom is 0.169 e. The Kier molecular flexibility index (Phi) is 6.94. The van der Waals surface area contributed by atoms with Crippen molar-refractivity contribution in [1.82, 2.24) is 5.32 Å². The molecule has 0 spiro atoms. The third-order valence-electron chi connectivity index (χ3n) is 2.95. The number of hydrogen-bond acceptors (Lipinski definition) is 3. The van der Waals surface area contributed by atoms with Crippen molar-refractivity contribution < 1.29 is 9.47 Å². The largest absolute Gasteiger partial charge is 0.352 e. The van der Waals surface area contributed by atoms with Crippen molar-refractivity contribution in [3.63, 3.8) is 0 Å². The summed E-state index contributed by atoms with van der Waals surface area (Å²) in [7, 11) is 0. The first kappa shape index (κ1) is 15.2. The van der Waals surface area contributed by atoms with E-state index in [0.29, 0.717) is 25.8 Å². The molecule has 1 N–H and O–H groups in total. The van der Waals surface area contributed by atoms with Crippen LogP contribution in [0.1, 0.15) is 37.9 Å². The van der Waals surface area contributed by atoms with Crippen LogP contribution in [0.4, 0.5) is 0 Å². The molecule has 0 aliphatic rings. The fourth-order valence-corrected chi connectivity index (χ4v) is 1.99. The average molecular weight is 251 g/mol. The molecular formula is C15H25NO2. The number of ether oxygens (including phenoxy) is 2. The molecule has 1 aromatic carbocycles. The molecule has 0 aromatic heterocycles. The molecule has 0 unspecified atom stereocenters. The minimum absolute atomic E-state index is 0.161. The highest BCUT2D eigenvalue weighted by atomic mass is 16.7. The summed E-state index contributed by atoms with van der Waals surface area (Å²) in [5.74, 6) is 0. The Balaban J connectivity index is 2.49. The minimum Gasteiger partial charge on any atom is -0.352 e. The molecule has 0 saturated carbocycles. The molecular weight excluding hydrogens is 226 g/mol. The van der Waals surface area contributed by atoms with Gasteiger partial charge in [-0.1, -0.05) is 24.3 Å². The maximum atomic E-state index is 5.51. The van der Waals surface area contributed by atoms with E-state index in [0.717, 1.165) is 0 Å². The molecule has 0 radical (unpaired) electrons. The van der Waals surface area contributed by atoms with Crippen LogP contribution in [-0.4, -0.2) is 26.0 Å². The first-order valence-corrected chi connectivity index (χ1v) is 6.71. The third kappa shape index (κ3) is 4.77. The van der Waals surface area contributed by atoms with E-state index in [1.54, 1.807) is 0 Å². The van der Waals surface area contributed by atoms with E-state index in [1.165, 1.54) is 11.1 Å². The summed E-state index contributed by atoms with van der Waals surface area (Å²) >= 11 is 0. The maximum absolute atomic E-state index is 5.51. The van der Waals surface area contributed by atoms with Gasteiger partial charge in [-0.2, -0.15) is 0 Å². The second-order valence-electron chi connectivity index (χ2n) is 4.33. The Morgan fingerprint density at radius 2 is 1.72 bits per heavy atom. The Morgan fingerprint density at radius 3 is 2.28 bits per heavy atom. The van der Waals surface area contributed by atoms with Crippen LogP contribution in [-0.2, 0) is 9.47 Å². The summed E-state index contributed by atoms with van der Waals surface area (Å²) in [5, 5.41) is 3.46. The molecule has 1 atom stereocenters. The predicted molar refractivity (Wildman–Crippen MR) is 74.6 cm³/mol. The first-order valence-electron chi connectivity index (χ1n) is 6.71. The SMILES string of the molecule is CCOC(CN[C@H](C)c1ccccc1C)OCC. The van der Waals surface area contributed by atoms with Crippen LogP contribution >= 0.6 is 0 Å². The third-order valence-corrected chi connectivity index (χ3v) is 2.95. The van der Waals surface area contributed by atoms with Gasteiger partial charge in [0, 0.05) is 25.8 Å². The zero-order valence-corrected chi connectivity index (χ0v) is 11.9. The Morgan fingerprint density at radius 1 is 1.11 bits per heavy atom. The molecule has 1 rings (SSSR count). The highest BCUT2D eigenvalue weighted by molar-refractivity contribution is 5.28. The molecule has 3 heteroatoms. The van der Waals surface area contributed by atoms with E-state index in [-0.39, 0.29) is 6.29 Å². The molecule has 1 aromatic rings. The van der Waals surface area contributed by atoms with E-state index in [9.17, 15) is 0 Å². The summed E-state index contributed by atoms with van der Waals surface area (Å²) in [6.45, 7) is 10.3. The van der Waals surface area contributed by atoms with Crippen molar-refractivity contribution in [2.75, 3.05) is 19.8 Å². The monoisotopic (exact) mass is 251 g/mol. The van der Waals surface area contributed by atoms with Gasteiger partial charge in [0.1, 0.15) is 0 Å². The molecule has 102 valence electrons. The molecule has 0 aliphatic heterocycles. The summed E-state index contributed by atoms with van der Waals surface area (Å²) in [6.07, 6.45) is -0.161. The second kappa shape index (κ2) is 8.25. The fraction of sp³-hybridized carbons (Fsp3) is 0.600. The standard InChI is InChI=1S/C15H25NO2/c1-5-17-15(18-6-2)11-16-13(4)14-10-8-7-9-12(14)3/h7-10,13,15-16H,5-6,11H2,1-4H3/t13-/m1/s1. The highest BCUT2D eigenvalue weighted by Crippen LogP contribution is 2.16. The van der Waals surface area contributed by atoms with Gasteiger partial charge in [-0.3, -0.25) is 0 Å². The lowest BCUT2D eigenvalue weighted by Gasteiger charge is -2.21. The van der Waals surface area contributed by atoms with Gasteiger partial charge in [0.2, 0.25) is 0 Å². The van der Waals surface area contributed by atoms with Crippen LogP contribution in [0.5, 0.6) is 0 Å². The smallest absolute Gasteiger partial charge is 0.169 e. The van der Waals surface area contributed by atoms with Gasteiger partial charge in [0.05, 0.1) is 0 Å². The van der Waals surface area contributed by atoms with E-state index < -0.39 is 0 Å². The zero-order chi connectivity index (χ0) is 13.4. The van der Waals surface area contributed by atoms with Crippen molar-refractivity contribution in [2.24, 2.45) is 0 Å². The van der Waals surface area contributed by atoms with Gasteiger partial charge in [-0.25, -0.2) is 0 Å². The summed E-state index contributed by atoms with van der Waals surface area (Å²) in [5.41, 5.74) is 2.63. The molecule has 0 bridgehead atoms. The van der Waals surface area contributed by atoms with Crippen molar-refractivity contribution in [3.8, 4) is 0 Å². The van der Waals surface area contributed by atoms with Gasteiger partial charge in [0.15, 0.2) is 6.29 Å². The Hall–Kier alpha value is -0.900. The second-order valence-corrected chi connectivity index (χ2v) is 4.33. The van der Waals surface area contributed by atoms with Crippen LogP contribution in [0.2, 0.25) is 0 Å². The summed E-state index contributed by atoms with van der Waals surface area (Å²) in [4.78, 5) is 0. The van der Waals surface area contributed by atoms with Crippen LogP contribution < -0.4 is 5.32 Å².